The number of rotatable bonds is 9. The molecule has 0 bridgehead atoms. The van der Waals surface area contributed by atoms with Gasteiger partial charge in [-0.2, -0.15) is 0 Å². The number of aliphatic carboxylic acids is 1. The van der Waals surface area contributed by atoms with Gasteiger partial charge in [-0.15, -0.1) is 11.8 Å². The van der Waals surface area contributed by atoms with E-state index in [0.29, 0.717) is 18.1 Å². The number of oxazole rings is 1. The highest BCUT2D eigenvalue weighted by Crippen LogP contribution is 2.24. The van der Waals surface area contributed by atoms with Crippen molar-refractivity contribution in [2.24, 2.45) is 0 Å². The fourth-order valence-electron chi connectivity index (χ4n) is 2.62. The number of furan rings is 1. The lowest BCUT2D eigenvalue weighted by atomic mass is 10.2. The second kappa shape index (κ2) is 9.47. The van der Waals surface area contributed by atoms with Gasteiger partial charge in [0.1, 0.15) is 23.1 Å². The summed E-state index contributed by atoms with van der Waals surface area (Å²) >= 11 is 1.34. The number of anilines is 1. The average molecular weight is 413 g/mol. The molecule has 7 nitrogen and oxygen atoms in total. The van der Waals surface area contributed by atoms with E-state index < -0.39 is 5.97 Å². The molecule has 8 heteroatoms. The molecule has 0 saturated heterocycles. The van der Waals surface area contributed by atoms with Crippen LogP contribution in [0.2, 0.25) is 0 Å². The molecule has 0 spiro atoms. The Morgan fingerprint density at radius 1 is 1.24 bits per heavy atom. The van der Waals surface area contributed by atoms with E-state index in [1.807, 2.05) is 62.3 Å². The van der Waals surface area contributed by atoms with E-state index in [9.17, 15) is 4.79 Å². The highest BCUT2D eigenvalue weighted by molar-refractivity contribution is 8.00. The highest BCUT2D eigenvalue weighted by Gasteiger charge is 2.14. The summed E-state index contributed by atoms with van der Waals surface area (Å²) < 4.78 is 11.6. The zero-order valence-electron chi connectivity index (χ0n) is 16.6. The number of nitrogens with zero attached hydrogens (tertiary/aromatic N) is 3. The third-order valence-corrected chi connectivity index (χ3v) is 4.97. The summed E-state index contributed by atoms with van der Waals surface area (Å²) in [6.07, 6.45) is 6.01. The summed E-state index contributed by atoms with van der Waals surface area (Å²) in [4.78, 5) is 21.4. The molecule has 0 aromatic carbocycles. The Kier molecular flexibility index (Phi) is 6.77. The van der Waals surface area contributed by atoms with Gasteiger partial charge >= 0.3 is 5.97 Å². The Balaban J connectivity index is 1.63. The summed E-state index contributed by atoms with van der Waals surface area (Å²) in [7, 11) is 3.88. The van der Waals surface area contributed by atoms with Crippen LogP contribution in [0.1, 0.15) is 23.0 Å². The second-order valence-corrected chi connectivity index (χ2v) is 7.64. The summed E-state index contributed by atoms with van der Waals surface area (Å²) in [5.74, 6) is 3.56. The Hall–Kier alpha value is -3.00. The van der Waals surface area contributed by atoms with Crippen LogP contribution >= 0.6 is 11.8 Å². The van der Waals surface area contributed by atoms with Crippen molar-refractivity contribution in [3.63, 3.8) is 0 Å². The minimum Gasteiger partial charge on any atom is -0.481 e. The molecular formula is C21H23N3O4S. The van der Waals surface area contributed by atoms with E-state index in [1.165, 1.54) is 11.8 Å². The van der Waals surface area contributed by atoms with E-state index in [4.69, 9.17) is 13.9 Å². The molecule has 0 aliphatic carbocycles. The molecule has 3 rings (SSSR count). The molecule has 0 aliphatic heterocycles. The first-order chi connectivity index (χ1) is 13.9. The van der Waals surface area contributed by atoms with Crippen molar-refractivity contribution in [3.8, 4) is 11.5 Å². The zero-order valence-corrected chi connectivity index (χ0v) is 17.4. The topological polar surface area (TPSA) is 92.6 Å². The molecule has 0 radical (unpaired) electrons. The van der Waals surface area contributed by atoms with Crippen molar-refractivity contribution in [2.75, 3.05) is 30.5 Å². The molecule has 3 aromatic heterocycles. The van der Waals surface area contributed by atoms with Crippen molar-refractivity contribution in [1.82, 2.24) is 9.97 Å². The maximum atomic E-state index is 10.5. The maximum Gasteiger partial charge on any atom is 0.313 e. The summed E-state index contributed by atoms with van der Waals surface area (Å²) in [6.45, 7) is 1.89. The van der Waals surface area contributed by atoms with Crippen LogP contribution in [0.15, 0.2) is 45.4 Å². The number of aromatic nitrogens is 2. The van der Waals surface area contributed by atoms with Crippen LogP contribution in [-0.4, -0.2) is 46.6 Å². The first-order valence-corrected chi connectivity index (χ1v) is 10.2. The fraction of sp³-hybridized carbons (Fsp3) is 0.286. The van der Waals surface area contributed by atoms with Gasteiger partial charge in [0.25, 0.3) is 0 Å². The van der Waals surface area contributed by atoms with Crippen molar-refractivity contribution < 1.29 is 18.7 Å². The smallest absolute Gasteiger partial charge is 0.313 e. The van der Waals surface area contributed by atoms with Gasteiger partial charge < -0.3 is 18.8 Å². The predicted octanol–water partition coefficient (Wildman–Crippen LogP) is 4.13. The number of aryl methyl sites for hydroxylation is 1. The Bertz CT molecular complexity index is 990. The quantitative estimate of drug-likeness (QED) is 0.524. The van der Waals surface area contributed by atoms with E-state index in [0.717, 1.165) is 34.4 Å². The normalized spacial score (nSPS) is 11.3. The number of pyridine rings is 1. The van der Waals surface area contributed by atoms with Gasteiger partial charge in [0.2, 0.25) is 5.89 Å². The van der Waals surface area contributed by atoms with E-state index in [1.54, 1.807) is 6.20 Å². The summed E-state index contributed by atoms with van der Waals surface area (Å²) in [5.41, 5.74) is 1.64. The van der Waals surface area contributed by atoms with Crippen LogP contribution in [0.4, 0.5) is 5.82 Å². The van der Waals surface area contributed by atoms with Crippen LogP contribution in [0.25, 0.3) is 17.5 Å². The molecule has 3 heterocycles. The van der Waals surface area contributed by atoms with Crippen LogP contribution in [-0.2, 0) is 11.2 Å². The van der Waals surface area contributed by atoms with Gasteiger partial charge in [-0.25, -0.2) is 9.97 Å². The Labute approximate surface area is 173 Å². The molecule has 152 valence electrons. The molecule has 0 saturated carbocycles. The number of carboxylic acid groups (broad SMARTS) is 1. The number of thioether (sulfide) groups is 1. The van der Waals surface area contributed by atoms with Crippen molar-refractivity contribution in [2.45, 2.75) is 13.3 Å². The van der Waals surface area contributed by atoms with Gasteiger partial charge in [-0.1, -0.05) is 6.08 Å². The minimum atomic E-state index is -0.810. The van der Waals surface area contributed by atoms with Gasteiger partial charge in [0.15, 0.2) is 0 Å². The lowest BCUT2D eigenvalue weighted by molar-refractivity contribution is -0.133. The van der Waals surface area contributed by atoms with Gasteiger partial charge in [0, 0.05) is 26.0 Å². The van der Waals surface area contributed by atoms with E-state index in [-0.39, 0.29) is 5.75 Å². The largest absolute Gasteiger partial charge is 0.481 e. The first kappa shape index (κ1) is 20.7. The first-order valence-electron chi connectivity index (χ1n) is 9.07. The van der Waals surface area contributed by atoms with Gasteiger partial charge in [-0.05, 0) is 37.3 Å². The Morgan fingerprint density at radius 3 is 2.76 bits per heavy atom. The molecular weight excluding hydrogens is 390 g/mol. The molecule has 0 fully saturated rings. The number of carbonyl (C=O) groups is 1. The number of hydrogen-bond acceptors (Lipinski definition) is 7. The van der Waals surface area contributed by atoms with Crippen LogP contribution in [0, 0.1) is 6.92 Å². The zero-order chi connectivity index (χ0) is 20.8. The molecule has 0 aliphatic rings. The van der Waals surface area contributed by atoms with E-state index >= 15 is 0 Å². The SMILES string of the molecule is Cc1oc(-c2ccc(N(C)C)nc2)nc1Cc1ccc(/C=C/CSCC(=O)O)o1. The van der Waals surface area contributed by atoms with Gasteiger partial charge in [-0.3, -0.25) is 4.79 Å². The van der Waals surface area contributed by atoms with E-state index in [2.05, 4.69) is 9.97 Å². The number of hydrogen-bond donors (Lipinski definition) is 1. The fourth-order valence-corrected chi connectivity index (χ4v) is 3.14. The molecule has 0 unspecified atom stereocenters. The maximum absolute atomic E-state index is 10.5. The van der Waals surface area contributed by atoms with Crippen molar-refractivity contribution in [1.29, 1.82) is 0 Å². The predicted molar refractivity (Wildman–Crippen MR) is 114 cm³/mol. The molecule has 0 atom stereocenters. The molecule has 0 amide bonds. The van der Waals surface area contributed by atoms with Crippen LogP contribution < -0.4 is 4.90 Å². The Morgan fingerprint density at radius 2 is 2.07 bits per heavy atom. The molecule has 29 heavy (non-hydrogen) atoms. The lowest BCUT2D eigenvalue weighted by Crippen LogP contribution is -2.09. The van der Waals surface area contributed by atoms with Gasteiger partial charge in [0.05, 0.1) is 23.4 Å². The monoisotopic (exact) mass is 413 g/mol. The van der Waals surface area contributed by atoms with Crippen LogP contribution in [0.5, 0.6) is 0 Å². The standard InChI is InChI=1S/C21H23N3O4S/c1-14-18(23-21(27-14)15-6-9-19(22-12-15)24(2)3)11-17-8-7-16(28-17)5-4-10-29-13-20(25)26/h4-9,12H,10-11,13H2,1-3H3,(H,25,26)/b5-4+. The third kappa shape index (κ3) is 5.74. The van der Waals surface area contributed by atoms with Crippen molar-refractivity contribution >= 4 is 29.6 Å². The molecule has 1 N–H and O–H groups in total. The van der Waals surface area contributed by atoms with Crippen molar-refractivity contribution in [3.05, 3.63) is 59.5 Å². The highest BCUT2D eigenvalue weighted by atomic mass is 32.2. The summed E-state index contributed by atoms with van der Waals surface area (Å²) in [6, 6.07) is 7.66. The number of carboxylic acids is 1. The average Bonchev–Trinajstić information content (AvgIpc) is 3.28. The summed E-state index contributed by atoms with van der Waals surface area (Å²) in [5, 5.41) is 8.62. The minimum absolute atomic E-state index is 0.0922. The molecule has 3 aromatic rings. The second-order valence-electron chi connectivity index (χ2n) is 6.61. The van der Waals surface area contributed by atoms with Crippen LogP contribution in [0.3, 0.4) is 0 Å². The third-order valence-electron chi connectivity index (χ3n) is 4.09. The lowest BCUT2D eigenvalue weighted by Gasteiger charge is -2.10.